The molecule has 0 spiro atoms. The molecule has 0 aromatic carbocycles. The Morgan fingerprint density at radius 1 is 1.75 bits per heavy atom. The minimum atomic E-state index is -0.456. The summed E-state index contributed by atoms with van der Waals surface area (Å²) >= 11 is 0. The number of carbonyl (C=O) groups is 2. The molecule has 0 saturated carbocycles. The maximum atomic E-state index is 10.2. The first kappa shape index (κ1) is 6.94. The van der Waals surface area contributed by atoms with Gasteiger partial charge in [-0.15, -0.1) is 0 Å². The van der Waals surface area contributed by atoms with E-state index in [2.05, 4.69) is 5.32 Å². The van der Waals surface area contributed by atoms with Gasteiger partial charge in [0.25, 0.3) is 0 Å². The molecule has 0 aliphatic rings. The number of rotatable bonds is 2. The van der Waals surface area contributed by atoms with Gasteiger partial charge in [0.05, 0.1) is 0 Å². The fourth-order valence-electron chi connectivity index (χ4n) is 0.265. The van der Waals surface area contributed by atoms with Crippen LogP contribution in [0, 0.1) is 0 Å². The van der Waals surface area contributed by atoms with Gasteiger partial charge in [-0.2, -0.15) is 0 Å². The molecule has 0 rings (SSSR count). The Hall–Kier alpha value is -1.06. The Kier molecular flexibility index (Phi) is 3.56. The normalized spacial score (nSPS) is 7.62. The third-order valence-corrected chi connectivity index (χ3v) is 0.527. The first-order valence-corrected chi connectivity index (χ1v) is 2.29. The highest BCUT2D eigenvalue weighted by Crippen LogP contribution is 1.56. The third kappa shape index (κ3) is 3.14. The van der Waals surface area contributed by atoms with E-state index in [-0.39, 0.29) is 0 Å². The average molecular weight is 116 g/mol. The number of hydrogen-bond acceptors (Lipinski definition) is 2. The van der Waals surface area contributed by atoms with Crippen LogP contribution in [0.25, 0.3) is 0 Å². The molecule has 3 amide bonds. The second-order valence-corrected chi connectivity index (χ2v) is 1.12. The maximum Gasteiger partial charge on any atom is 0.321 e. The van der Waals surface area contributed by atoms with Crippen molar-refractivity contribution in [3.05, 3.63) is 0 Å². The zero-order valence-electron chi connectivity index (χ0n) is 4.60. The minimum absolute atomic E-state index is 0.338. The largest absolute Gasteiger partial charge is 0.338 e. The van der Waals surface area contributed by atoms with Gasteiger partial charge in [0, 0.05) is 6.54 Å². The number of nitrogens with one attached hydrogen (secondary N) is 2. The van der Waals surface area contributed by atoms with Crippen molar-refractivity contribution in [1.82, 2.24) is 10.6 Å². The van der Waals surface area contributed by atoms with Gasteiger partial charge in [-0.25, -0.2) is 4.79 Å². The predicted molar refractivity (Wildman–Crippen MR) is 28.3 cm³/mol. The summed E-state index contributed by atoms with van der Waals surface area (Å²) in [5, 5.41) is 4.28. The van der Waals surface area contributed by atoms with Crippen LogP contribution in [0.15, 0.2) is 0 Å². The smallest absolute Gasteiger partial charge is 0.321 e. The van der Waals surface area contributed by atoms with Crippen LogP contribution in [0.5, 0.6) is 0 Å². The summed E-state index contributed by atoms with van der Waals surface area (Å²) < 4.78 is 0. The molecule has 0 radical (unpaired) electrons. The van der Waals surface area contributed by atoms with E-state index in [1.54, 1.807) is 6.92 Å². The summed E-state index contributed by atoms with van der Waals surface area (Å²) in [6.45, 7) is 2.30. The van der Waals surface area contributed by atoms with Crippen LogP contribution in [0.1, 0.15) is 6.92 Å². The Balaban J connectivity index is 3.18. The molecule has 4 heteroatoms. The first-order valence-electron chi connectivity index (χ1n) is 2.29. The number of urea groups is 1. The molecule has 0 aromatic rings. The van der Waals surface area contributed by atoms with Crippen molar-refractivity contribution in [2.45, 2.75) is 6.92 Å². The first-order chi connectivity index (χ1) is 3.81. The zero-order chi connectivity index (χ0) is 6.41. The van der Waals surface area contributed by atoms with E-state index in [1.807, 2.05) is 5.32 Å². The number of amides is 3. The SMILES string of the molecule is CCNC(=O)NC=O. The van der Waals surface area contributed by atoms with Crippen LogP contribution in [0.4, 0.5) is 4.79 Å². The van der Waals surface area contributed by atoms with Crippen molar-refractivity contribution < 1.29 is 9.59 Å². The van der Waals surface area contributed by atoms with Gasteiger partial charge < -0.3 is 5.32 Å². The van der Waals surface area contributed by atoms with Crippen molar-refractivity contribution in [2.75, 3.05) is 6.54 Å². The molecule has 0 aromatic heterocycles. The number of hydrogen-bond donors (Lipinski definition) is 2. The molecule has 8 heavy (non-hydrogen) atoms. The Labute approximate surface area is 47.3 Å². The molecular weight excluding hydrogens is 108 g/mol. The van der Waals surface area contributed by atoms with Gasteiger partial charge in [-0.1, -0.05) is 0 Å². The van der Waals surface area contributed by atoms with E-state index < -0.39 is 6.03 Å². The molecular formula is C4H8N2O2. The number of imide groups is 1. The van der Waals surface area contributed by atoms with Gasteiger partial charge in [0.2, 0.25) is 6.41 Å². The van der Waals surface area contributed by atoms with Crippen molar-refractivity contribution >= 4 is 12.4 Å². The van der Waals surface area contributed by atoms with E-state index in [0.717, 1.165) is 0 Å². The van der Waals surface area contributed by atoms with Gasteiger partial charge in [-0.3, -0.25) is 10.1 Å². The second-order valence-electron chi connectivity index (χ2n) is 1.12. The molecule has 0 saturated heterocycles. The van der Waals surface area contributed by atoms with E-state index >= 15 is 0 Å². The van der Waals surface area contributed by atoms with Gasteiger partial charge in [0.1, 0.15) is 0 Å². The third-order valence-electron chi connectivity index (χ3n) is 0.527. The average Bonchev–Trinajstić information content (AvgIpc) is 1.68. The van der Waals surface area contributed by atoms with E-state index in [4.69, 9.17) is 0 Å². The highest BCUT2D eigenvalue weighted by molar-refractivity contribution is 5.84. The van der Waals surface area contributed by atoms with Crippen LogP contribution >= 0.6 is 0 Å². The fraction of sp³-hybridized carbons (Fsp3) is 0.500. The summed E-state index contributed by atoms with van der Waals surface area (Å²) in [4.78, 5) is 19.7. The van der Waals surface area contributed by atoms with Gasteiger partial charge in [-0.05, 0) is 6.92 Å². The summed E-state index contributed by atoms with van der Waals surface area (Å²) in [6.07, 6.45) is 0.338. The lowest BCUT2D eigenvalue weighted by Crippen LogP contribution is -2.34. The summed E-state index contributed by atoms with van der Waals surface area (Å²) in [5.41, 5.74) is 0. The van der Waals surface area contributed by atoms with Gasteiger partial charge in [0.15, 0.2) is 0 Å². The number of carbonyl (C=O) groups excluding carboxylic acids is 2. The fourth-order valence-corrected chi connectivity index (χ4v) is 0.265. The molecule has 2 N–H and O–H groups in total. The lowest BCUT2D eigenvalue weighted by atomic mass is 10.7. The van der Waals surface area contributed by atoms with Crippen LogP contribution < -0.4 is 10.6 Å². The van der Waals surface area contributed by atoms with Gasteiger partial charge >= 0.3 is 6.03 Å². The van der Waals surface area contributed by atoms with Crippen molar-refractivity contribution in [2.24, 2.45) is 0 Å². The molecule has 0 heterocycles. The highest BCUT2D eigenvalue weighted by atomic mass is 16.2. The molecule has 0 unspecified atom stereocenters. The molecule has 0 aliphatic heterocycles. The summed E-state index contributed by atoms with van der Waals surface area (Å²) in [7, 11) is 0. The lowest BCUT2D eigenvalue weighted by molar-refractivity contribution is -0.108. The van der Waals surface area contributed by atoms with Crippen molar-refractivity contribution in [3.8, 4) is 0 Å². The van der Waals surface area contributed by atoms with Crippen LogP contribution in [-0.4, -0.2) is 19.0 Å². The van der Waals surface area contributed by atoms with E-state index in [9.17, 15) is 9.59 Å². The summed E-state index contributed by atoms with van der Waals surface area (Å²) in [5.74, 6) is 0. The monoisotopic (exact) mass is 116 g/mol. The maximum absolute atomic E-state index is 10.2. The lowest BCUT2D eigenvalue weighted by Gasteiger charge is -1.95. The molecule has 46 valence electrons. The molecule has 0 fully saturated rings. The molecule has 0 atom stereocenters. The highest BCUT2D eigenvalue weighted by Gasteiger charge is 1.90. The topological polar surface area (TPSA) is 58.2 Å². The molecule has 0 bridgehead atoms. The van der Waals surface area contributed by atoms with Crippen LogP contribution in [0.3, 0.4) is 0 Å². The standard InChI is InChI=1S/C4H8N2O2/c1-2-5-4(8)6-3-7/h3H,2H2,1H3,(H2,5,6,7,8). The Morgan fingerprint density at radius 3 is 2.75 bits per heavy atom. The quantitative estimate of drug-likeness (QED) is 0.476. The molecule has 4 nitrogen and oxygen atoms in total. The van der Waals surface area contributed by atoms with Crippen LogP contribution in [-0.2, 0) is 4.79 Å². The Bertz CT molecular complexity index is 92.0. The Morgan fingerprint density at radius 2 is 2.38 bits per heavy atom. The minimum Gasteiger partial charge on any atom is -0.338 e. The van der Waals surface area contributed by atoms with Crippen molar-refractivity contribution in [1.29, 1.82) is 0 Å². The summed E-state index contributed by atoms with van der Waals surface area (Å²) in [6, 6.07) is -0.456. The van der Waals surface area contributed by atoms with E-state index in [1.165, 1.54) is 0 Å². The second kappa shape index (κ2) is 4.11. The molecule has 0 aliphatic carbocycles. The van der Waals surface area contributed by atoms with Crippen LogP contribution in [0.2, 0.25) is 0 Å². The zero-order valence-corrected chi connectivity index (χ0v) is 4.60. The van der Waals surface area contributed by atoms with E-state index in [0.29, 0.717) is 13.0 Å². The predicted octanol–water partition coefficient (Wildman–Crippen LogP) is -0.538. The van der Waals surface area contributed by atoms with Crippen molar-refractivity contribution in [3.63, 3.8) is 0 Å².